The number of anilines is 1. The van der Waals surface area contributed by atoms with Gasteiger partial charge in [0.1, 0.15) is 11.5 Å². The molecule has 11 heteroatoms. The summed E-state index contributed by atoms with van der Waals surface area (Å²) in [6.07, 6.45) is 4.34. The van der Waals surface area contributed by atoms with Gasteiger partial charge in [-0.1, -0.05) is 53.2 Å². The fraction of sp³-hybridized carbons (Fsp3) is 0.419. The number of benzene rings is 2. The molecule has 1 aromatic heterocycles. The molecule has 0 saturated carbocycles. The first-order chi connectivity index (χ1) is 20.2. The van der Waals surface area contributed by atoms with E-state index < -0.39 is 10.0 Å². The number of hydrogen-bond donors (Lipinski definition) is 1. The van der Waals surface area contributed by atoms with Crippen molar-refractivity contribution in [2.24, 2.45) is 5.92 Å². The van der Waals surface area contributed by atoms with Crippen LogP contribution in [0, 0.1) is 25.6 Å². The number of carbonyl (C=O) groups excluding carboxylic acids is 1. The minimum absolute atomic E-state index is 0.0417. The number of para-hydroxylation sites is 1. The Bertz CT molecular complexity index is 1510. The molecular formula is C31H38FN5O4S. The number of aryl methyl sites for hydroxylation is 2. The lowest BCUT2D eigenvalue weighted by molar-refractivity contribution is -0.126. The summed E-state index contributed by atoms with van der Waals surface area (Å²) in [4.78, 5) is 17.3. The van der Waals surface area contributed by atoms with E-state index in [9.17, 15) is 17.6 Å². The van der Waals surface area contributed by atoms with Crippen LogP contribution in [0.4, 0.5) is 10.1 Å². The summed E-state index contributed by atoms with van der Waals surface area (Å²) in [6, 6.07) is 14.7. The summed E-state index contributed by atoms with van der Waals surface area (Å²) >= 11 is 0. The second-order valence-electron chi connectivity index (χ2n) is 11.0. The summed E-state index contributed by atoms with van der Waals surface area (Å²) in [5, 5.41) is 6.95. The van der Waals surface area contributed by atoms with Crippen molar-refractivity contribution in [3.8, 4) is 0 Å². The number of piperidine rings is 1. The van der Waals surface area contributed by atoms with Gasteiger partial charge >= 0.3 is 0 Å². The molecule has 0 bridgehead atoms. The number of aromatic nitrogens is 1. The molecule has 0 unspecified atom stereocenters. The van der Waals surface area contributed by atoms with E-state index in [2.05, 4.69) is 20.3 Å². The van der Waals surface area contributed by atoms with Crippen molar-refractivity contribution in [2.45, 2.75) is 31.6 Å². The number of piperazine rings is 1. The van der Waals surface area contributed by atoms with Gasteiger partial charge in [-0.15, -0.1) is 0 Å². The van der Waals surface area contributed by atoms with E-state index in [4.69, 9.17) is 4.52 Å². The van der Waals surface area contributed by atoms with Crippen molar-refractivity contribution >= 4 is 33.8 Å². The summed E-state index contributed by atoms with van der Waals surface area (Å²) in [6.45, 7) is 8.44. The van der Waals surface area contributed by atoms with Crippen molar-refractivity contribution in [3.05, 3.63) is 76.9 Å². The van der Waals surface area contributed by atoms with Crippen molar-refractivity contribution in [3.63, 3.8) is 0 Å². The quantitative estimate of drug-likeness (QED) is 0.400. The molecule has 5 rings (SSSR count). The van der Waals surface area contributed by atoms with Crippen LogP contribution in [0.25, 0.3) is 12.2 Å². The number of amides is 1. The summed E-state index contributed by atoms with van der Waals surface area (Å²) in [5.74, 6) is -0.287. The van der Waals surface area contributed by atoms with Crippen LogP contribution in [0.2, 0.25) is 0 Å². The number of nitrogens with zero attached hydrogens (tertiary/aromatic N) is 4. The van der Waals surface area contributed by atoms with Crippen LogP contribution >= 0.6 is 0 Å². The Balaban J connectivity index is 1.09. The fourth-order valence-corrected chi connectivity index (χ4v) is 7.26. The van der Waals surface area contributed by atoms with Gasteiger partial charge in [0.05, 0.1) is 5.69 Å². The molecule has 1 amide bonds. The molecule has 2 saturated heterocycles. The molecule has 0 radical (unpaired) electrons. The van der Waals surface area contributed by atoms with Crippen LogP contribution in [-0.4, -0.2) is 81.0 Å². The van der Waals surface area contributed by atoms with E-state index in [0.29, 0.717) is 30.8 Å². The molecular weight excluding hydrogens is 557 g/mol. The molecule has 2 aliphatic rings. The van der Waals surface area contributed by atoms with Gasteiger partial charge in [0.2, 0.25) is 15.9 Å². The highest BCUT2D eigenvalue weighted by molar-refractivity contribution is 7.89. The maximum absolute atomic E-state index is 14.1. The zero-order valence-electron chi connectivity index (χ0n) is 24.1. The number of sulfonamides is 1. The minimum atomic E-state index is -3.84. The van der Waals surface area contributed by atoms with Crippen LogP contribution in [0.1, 0.15) is 35.4 Å². The number of nitrogens with one attached hydrogen (secondary N) is 1. The molecule has 2 aliphatic heterocycles. The first kappa shape index (κ1) is 29.9. The second-order valence-corrected chi connectivity index (χ2v) is 12.8. The predicted octanol–water partition coefficient (Wildman–Crippen LogP) is 3.94. The lowest BCUT2D eigenvalue weighted by Gasteiger charge is -2.36. The average Bonchev–Trinajstić information content (AvgIpc) is 3.38. The molecule has 42 heavy (non-hydrogen) atoms. The van der Waals surface area contributed by atoms with Crippen LogP contribution in [0.5, 0.6) is 0 Å². The lowest BCUT2D eigenvalue weighted by atomic mass is 9.97. The van der Waals surface area contributed by atoms with Gasteiger partial charge in [-0.2, -0.15) is 4.31 Å². The van der Waals surface area contributed by atoms with Crippen LogP contribution in [0.3, 0.4) is 0 Å². The Morgan fingerprint density at radius 3 is 2.38 bits per heavy atom. The summed E-state index contributed by atoms with van der Waals surface area (Å²) in [7, 11) is -3.84. The molecule has 3 aromatic rings. The first-order valence-electron chi connectivity index (χ1n) is 14.4. The number of halogens is 1. The predicted molar refractivity (Wildman–Crippen MR) is 161 cm³/mol. The third-order valence-corrected chi connectivity index (χ3v) is 10.1. The van der Waals surface area contributed by atoms with Crippen LogP contribution < -0.4 is 10.2 Å². The van der Waals surface area contributed by atoms with E-state index in [1.807, 2.05) is 37.3 Å². The molecule has 3 heterocycles. The Hall–Kier alpha value is -3.54. The largest absolute Gasteiger partial charge is 0.367 e. The van der Waals surface area contributed by atoms with E-state index in [1.54, 1.807) is 31.2 Å². The van der Waals surface area contributed by atoms with Gasteiger partial charge in [-0.05, 0) is 50.5 Å². The van der Waals surface area contributed by atoms with Gasteiger partial charge in [-0.3, -0.25) is 9.69 Å². The zero-order chi connectivity index (χ0) is 29.7. The van der Waals surface area contributed by atoms with E-state index in [-0.39, 0.29) is 41.4 Å². The minimum Gasteiger partial charge on any atom is -0.367 e. The summed E-state index contributed by atoms with van der Waals surface area (Å²) in [5.41, 5.74) is 3.01. The molecule has 0 spiro atoms. The highest BCUT2D eigenvalue weighted by Crippen LogP contribution is 2.29. The lowest BCUT2D eigenvalue weighted by Crippen LogP contribution is -2.49. The number of hydrogen-bond acceptors (Lipinski definition) is 7. The Morgan fingerprint density at radius 2 is 1.69 bits per heavy atom. The van der Waals surface area contributed by atoms with Gasteiger partial charge < -0.3 is 14.7 Å². The molecule has 0 atom stereocenters. The third kappa shape index (κ3) is 6.91. The smallest absolute Gasteiger partial charge is 0.248 e. The fourth-order valence-electron chi connectivity index (χ4n) is 5.54. The molecule has 2 aromatic carbocycles. The Kier molecular flexibility index (Phi) is 9.40. The van der Waals surface area contributed by atoms with Crippen molar-refractivity contribution in [1.29, 1.82) is 0 Å². The highest BCUT2D eigenvalue weighted by atomic mass is 32.2. The summed E-state index contributed by atoms with van der Waals surface area (Å²) < 4.78 is 48.0. The van der Waals surface area contributed by atoms with E-state index >= 15 is 0 Å². The third-order valence-electron chi connectivity index (χ3n) is 8.05. The molecule has 0 aliphatic carbocycles. The second kappa shape index (κ2) is 13.2. The topological polar surface area (TPSA) is 99.0 Å². The average molecular weight is 596 g/mol. The maximum atomic E-state index is 14.1. The molecule has 9 nitrogen and oxygen atoms in total. The van der Waals surface area contributed by atoms with E-state index in [0.717, 1.165) is 43.9 Å². The Morgan fingerprint density at radius 1 is 1.00 bits per heavy atom. The standard InChI is InChI=1S/C31H38FN5O4S/c1-23-7-9-25(10-8-23)11-12-29-30(24(2)34-41-29)42(39,40)37-16-13-26(14-17-37)31(38)33-15-18-35-19-21-36(22-20-35)28-6-4-3-5-27(28)32/h3-12,26H,13-22H2,1-2H3,(H,33,38)/b12-11+. The number of rotatable bonds is 9. The SMILES string of the molecule is Cc1ccc(/C=C/c2onc(C)c2S(=O)(=O)N2CCC(C(=O)NCCN3CCN(c4ccccc4F)CC3)CC2)cc1. The van der Waals surface area contributed by atoms with Crippen LogP contribution in [-0.2, 0) is 14.8 Å². The normalized spacial score (nSPS) is 17.6. The Labute approximate surface area is 247 Å². The molecule has 1 N–H and O–H groups in total. The van der Waals surface area contributed by atoms with Gasteiger partial charge in [0.15, 0.2) is 10.7 Å². The van der Waals surface area contributed by atoms with Crippen molar-refractivity contribution < 1.29 is 22.1 Å². The van der Waals surface area contributed by atoms with E-state index in [1.165, 1.54) is 10.4 Å². The highest BCUT2D eigenvalue weighted by Gasteiger charge is 2.36. The van der Waals surface area contributed by atoms with Gasteiger partial charge in [0, 0.05) is 58.3 Å². The van der Waals surface area contributed by atoms with Gasteiger partial charge in [0.25, 0.3) is 0 Å². The molecule has 2 fully saturated rings. The van der Waals surface area contributed by atoms with Crippen LogP contribution in [0.15, 0.2) is 57.9 Å². The maximum Gasteiger partial charge on any atom is 0.248 e. The number of carbonyl (C=O) groups is 1. The zero-order valence-corrected chi connectivity index (χ0v) is 24.9. The first-order valence-corrected chi connectivity index (χ1v) is 15.9. The monoisotopic (exact) mass is 595 g/mol. The van der Waals surface area contributed by atoms with Gasteiger partial charge in [-0.25, -0.2) is 12.8 Å². The molecule has 224 valence electrons. The van der Waals surface area contributed by atoms with Crippen molar-refractivity contribution in [2.75, 3.05) is 57.3 Å². The van der Waals surface area contributed by atoms with Crippen molar-refractivity contribution in [1.82, 2.24) is 19.7 Å².